The fourth-order valence-corrected chi connectivity index (χ4v) is 4.21. The highest BCUT2D eigenvalue weighted by atomic mass is 32.2. The lowest BCUT2D eigenvalue weighted by molar-refractivity contribution is -0.114. The van der Waals surface area contributed by atoms with E-state index in [4.69, 9.17) is 4.74 Å². The highest BCUT2D eigenvalue weighted by molar-refractivity contribution is 7.89. The molecule has 1 saturated carbocycles. The third-order valence-electron chi connectivity index (χ3n) is 4.34. The van der Waals surface area contributed by atoms with Crippen molar-refractivity contribution in [1.29, 1.82) is 0 Å². The molecule has 1 aliphatic carbocycles. The molecule has 0 spiro atoms. The van der Waals surface area contributed by atoms with Gasteiger partial charge in [-0.2, -0.15) is 0 Å². The molecule has 0 unspecified atom stereocenters. The molecule has 154 valence electrons. The Morgan fingerprint density at radius 3 is 2.38 bits per heavy atom. The zero-order valence-electron chi connectivity index (χ0n) is 16.2. The predicted octanol–water partition coefficient (Wildman–Crippen LogP) is 2.02. The Bertz CT molecular complexity index is 1010. The first-order chi connectivity index (χ1) is 13.8. The molecule has 0 atom stereocenters. The number of carbonyl (C=O) groups is 2. The van der Waals surface area contributed by atoms with Crippen molar-refractivity contribution >= 4 is 27.5 Å². The molecule has 2 amide bonds. The predicted molar refractivity (Wildman–Crippen MR) is 108 cm³/mol. The molecule has 3 N–H and O–H groups in total. The smallest absolute Gasteiger partial charge is 0.251 e. The molecule has 0 radical (unpaired) electrons. The van der Waals surface area contributed by atoms with Crippen LogP contribution in [0.5, 0.6) is 5.75 Å². The van der Waals surface area contributed by atoms with Gasteiger partial charge in [0.2, 0.25) is 15.9 Å². The minimum atomic E-state index is -3.77. The molecule has 2 aromatic carbocycles. The average molecular weight is 417 g/mol. The van der Waals surface area contributed by atoms with Gasteiger partial charge in [0.05, 0.1) is 7.11 Å². The largest absolute Gasteiger partial charge is 0.495 e. The second kappa shape index (κ2) is 8.62. The summed E-state index contributed by atoms with van der Waals surface area (Å²) < 4.78 is 32.9. The molecule has 0 heterocycles. The van der Waals surface area contributed by atoms with Gasteiger partial charge in [0.25, 0.3) is 5.91 Å². The number of ether oxygens (including phenoxy) is 1. The summed E-state index contributed by atoms with van der Waals surface area (Å²) >= 11 is 0. The second-order valence-electron chi connectivity index (χ2n) is 6.82. The molecule has 0 saturated heterocycles. The molecule has 0 aliphatic heterocycles. The van der Waals surface area contributed by atoms with Crippen molar-refractivity contribution < 1.29 is 22.7 Å². The van der Waals surface area contributed by atoms with Gasteiger partial charge in [-0.1, -0.05) is 12.1 Å². The number of nitrogens with one attached hydrogen (secondary N) is 3. The minimum Gasteiger partial charge on any atom is -0.495 e. The van der Waals surface area contributed by atoms with E-state index in [0.717, 1.165) is 18.4 Å². The Labute approximate surface area is 169 Å². The molecule has 8 nitrogen and oxygen atoms in total. The highest BCUT2D eigenvalue weighted by Crippen LogP contribution is 2.28. The standard InChI is InChI=1S/C20H23N3O5S/c1-13(24)22-16-6-3-14(4-7-16)12-21-20(25)15-5-10-18(28-2)19(11-15)29(26,27)23-17-8-9-17/h3-7,10-11,17,23H,8-9,12H2,1-2H3,(H,21,25)(H,22,24). The third-order valence-corrected chi connectivity index (χ3v) is 5.88. The van der Waals surface area contributed by atoms with Crippen LogP contribution in [-0.4, -0.2) is 33.4 Å². The van der Waals surface area contributed by atoms with Crippen molar-refractivity contribution in [2.45, 2.75) is 37.2 Å². The molecule has 2 aromatic rings. The maximum Gasteiger partial charge on any atom is 0.251 e. The van der Waals surface area contributed by atoms with Crippen LogP contribution < -0.4 is 20.1 Å². The van der Waals surface area contributed by atoms with Crippen LogP contribution in [0.3, 0.4) is 0 Å². The van der Waals surface area contributed by atoms with Gasteiger partial charge in [-0.25, -0.2) is 13.1 Å². The van der Waals surface area contributed by atoms with E-state index in [1.165, 1.54) is 32.2 Å². The van der Waals surface area contributed by atoms with E-state index in [9.17, 15) is 18.0 Å². The number of carbonyl (C=O) groups excluding carboxylic acids is 2. The van der Waals surface area contributed by atoms with Crippen molar-refractivity contribution in [1.82, 2.24) is 10.0 Å². The first-order valence-corrected chi connectivity index (χ1v) is 10.6. The third kappa shape index (κ3) is 5.55. The van der Waals surface area contributed by atoms with Gasteiger partial charge >= 0.3 is 0 Å². The van der Waals surface area contributed by atoms with Gasteiger partial charge in [-0.3, -0.25) is 9.59 Å². The van der Waals surface area contributed by atoms with Crippen molar-refractivity contribution in [2.24, 2.45) is 0 Å². The SMILES string of the molecule is COc1ccc(C(=O)NCc2ccc(NC(C)=O)cc2)cc1S(=O)(=O)NC1CC1. The quantitative estimate of drug-likeness (QED) is 0.608. The monoisotopic (exact) mass is 417 g/mol. The van der Waals surface area contributed by atoms with Gasteiger partial charge in [-0.05, 0) is 48.7 Å². The Morgan fingerprint density at radius 2 is 1.79 bits per heavy atom. The van der Waals surface area contributed by atoms with E-state index < -0.39 is 15.9 Å². The lowest BCUT2D eigenvalue weighted by atomic mass is 10.1. The van der Waals surface area contributed by atoms with Crippen molar-refractivity contribution in [3.05, 3.63) is 53.6 Å². The molecule has 9 heteroatoms. The lowest BCUT2D eigenvalue weighted by Gasteiger charge is -2.12. The van der Waals surface area contributed by atoms with Crippen LogP contribution in [0.15, 0.2) is 47.4 Å². The topological polar surface area (TPSA) is 114 Å². The fourth-order valence-electron chi connectivity index (χ4n) is 2.71. The van der Waals surface area contributed by atoms with Crippen LogP contribution in [0.25, 0.3) is 0 Å². The number of rotatable bonds is 8. The second-order valence-corrected chi connectivity index (χ2v) is 8.50. The lowest BCUT2D eigenvalue weighted by Crippen LogP contribution is -2.27. The number of hydrogen-bond donors (Lipinski definition) is 3. The van der Waals surface area contributed by atoms with Crippen LogP contribution in [0.2, 0.25) is 0 Å². The maximum atomic E-state index is 12.6. The number of anilines is 1. The van der Waals surface area contributed by atoms with Crippen LogP contribution in [-0.2, 0) is 21.4 Å². The molecular weight excluding hydrogens is 394 g/mol. The minimum absolute atomic E-state index is 0.0531. The fraction of sp³-hybridized carbons (Fsp3) is 0.300. The summed E-state index contributed by atoms with van der Waals surface area (Å²) in [5.74, 6) is -0.378. The zero-order valence-corrected chi connectivity index (χ0v) is 17.0. The summed E-state index contributed by atoms with van der Waals surface area (Å²) in [5, 5.41) is 5.43. The summed E-state index contributed by atoms with van der Waals surface area (Å²) in [4.78, 5) is 23.5. The van der Waals surface area contributed by atoms with Gasteiger partial charge < -0.3 is 15.4 Å². The summed E-state index contributed by atoms with van der Waals surface area (Å²) in [6, 6.07) is 11.3. The molecule has 1 aliphatic rings. The van der Waals surface area contributed by atoms with E-state index >= 15 is 0 Å². The van der Waals surface area contributed by atoms with E-state index in [1.54, 1.807) is 24.3 Å². The van der Waals surface area contributed by atoms with Crippen molar-refractivity contribution in [2.75, 3.05) is 12.4 Å². The van der Waals surface area contributed by atoms with E-state index in [1.807, 2.05) is 0 Å². The zero-order chi connectivity index (χ0) is 21.0. The highest BCUT2D eigenvalue weighted by Gasteiger charge is 2.30. The number of sulfonamides is 1. The summed E-state index contributed by atoms with van der Waals surface area (Å²) in [6.45, 7) is 1.69. The van der Waals surface area contributed by atoms with Crippen LogP contribution in [0.4, 0.5) is 5.69 Å². The average Bonchev–Trinajstić information content (AvgIpc) is 3.49. The first kappa shape index (κ1) is 20.8. The number of amides is 2. The molecule has 29 heavy (non-hydrogen) atoms. The van der Waals surface area contributed by atoms with Crippen LogP contribution in [0, 0.1) is 0 Å². The first-order valence-electron chi connectivity index (χ1n) is 9.13. The van der Waals surface area contributed by atoms with Crippen LogP contribution in [0.1, 0.15) is 35.7 Å². The Balaban J connectivity index is 1.70. The molecule has 1 fully saturated rings. The molecule has 0 aromatic heterocycles. The Morgan fingerprint density at radius 1 is 1.10 bits per heavy atom. The van der Waals surface area contributed by atoms with Crippen molar-refractivity contribution in [3.8, 4) is 5.75 Å². The van der Waals surface area contributed by atoms with Gasteiger partial charge in [0.15, 0.2) is 0 Å². The van der Waals surface area contributed by atoms with E-state index in [2.05, 4.69) is 15.4 Å². The summed E-state index contributed by atoms with van der Waals surface area (Å²) in [5.41, 5.74) is 1.72. The van der Waals surface area contributed by atoms with Crippen molar-refractivity contribution in [3.63, 3.8) is 0 Å². The molecule has 0 bridgehead atoms. The van der Waals surface area contributed by atoms with E-state index in [-0.39, 0.29) is 34.7 Å². The van der Waals surface area contributed by atoms with Gasteiger partial charge in [-0.15, -0.1) is 0 Å². The molecular formula is C20H23N3O5S. The van der Waals surface area contributed by atoms with Gasteiger partial charge in [0, 0.05) is 30.8 Å². The number of benzene rings is 2. The Kier molecular flexibility index (Phi) is 6.19. The molecule has 3 rings (SSSR count). The Hall–Kier alpha value is -2.91. The number of hydrogen-bond acceptors (Lipinski definition) is 5. The maximum absolute atomic E-state index is 12.6. The summed E-state index contributed by atoms with van der Waals surface area (Å²) in [6.07, 6.45) is 1.62. The van der Waals surface area contributed by atoms with E-state index in [0.29, 0.717) is 5.69 Å². The van der Waals surface area contributed by atoms with Gasteiger partial charge in [0.1, 0.15) is 10.6 Å². The van der Waals surface area contributed by atoms with Crippen LogP contribution >= 0.6 is 0 Å². The normalized spacial score (nSPS) is 13.6. The number of methoxy groups -OCH3 is 1. The summed E-state index contributed by atoms with van der Waals surface area (Å²) in [7, 11) is -2.38.